The van der Waals surface area contributed by atoms with Crippen LogP contribution in [-0.4, -0.2) is 4.83 Å². The molecule has 2 rings (SSSR count). The van der Waals surface area contributed by atoms with Crippen molar-refractivity contribution in [1.82, 2.24) is 0 Å². The summed E-state index contributed by atoms with van der Waals surface area (Å²) in [5.74, 6) is 1.66. The molecule has 0 spiro atoms. The third-order valence-corrected chi connectivity index (χ3v) is 3.18. The van der Waals surface area contributed by atoms with Gasteiger partial charge in [0.25, 0.3) is 0 Å². The van der Waals surface area contributed by atoms with Crippen LogP contribution in [0, 0.1) is 11.8 Å². The van der Waals surface area contributed by atoms with Gasteiger partial charge < -0.3 is 0 Å². The molecule has 10 heavy (non-hydrogen) atoms. The van der Waals surface area contributed by atoms with Crippen molar-refractivity contribution < 1.29 is 0 Å². The minimum atomic E-state index is 0.759. The van der Waals surface area contributed by atoms with Crippen LogP contribution in [0.2, 0.25) is 0 Å². The predicted molar refractivity (Wildman–Crippen MR) is 47.2 cm³/mol. The molecule has 2 atom stereocenters. The summed E-state index contributed by atoms with van der Waals surface area (Å²) in [7, 11) is 0. The number of halogens is 1. The minimum Gasteiger partial charge on any atom is -0.0890 e. The molecular formula is C9H11Br. The molecule has 0 aliphatic heterocycles. The largest absolute Gasteiger partial charge is 0.0890 e. The molecule has 0 heterocycles. The molecule has 0 nitrogen and oxygen atoms in total. The third kappa shape index (κ3) is 1.07. The van der Waals surface area contributed by atoms with Crippen LogP contribution in [0.3, 0.4) is 0 Å². The smallest absolute Gasteiger partial charge is 0.0157 e. The molecule has 0 amide bonds. The van der Waals surface area contributed by atoms with Crippen molar-refractivity contribution in [3.63, 3.8) is 0 Å². The van der Waals surface area contributed by atoms with Crippen molar-refractivity contribution in [2.45, 2.75) is 17.7 Å². The topological polar surface area (TPSA) is 0 Å². The zero-order valence-corrected chi connectivity index (χ0v) is 7.42. The lowest BCUT2D eigenvalue weighted by atomic mass is 9.92. The van der Waals surface area contributed by atoms with E-state index in [9.17, 15) is 0 Å². The fourth-order valence-electron chi connectivity index (χ4n) is 1.89. The first-order valence-electron chi connectivity index (χ1n) is 3.85. The summed E-state index contributed by atoms with van der Waals surface area (Å²) < 4.78 is 0. The van der Waals surface area contributed by atoms with Gasteiger partial charge in [0.15, 0.2) is 0 Å². The summed E-state index contributed by atoms with van der Waals surface area (Å²) in [4.78, 5) is 0.759. The van der Waals surface area contributed by atoms with E-state index >= 15 is 0 Å². The van der Waals surface area contributed by atoms with E-state index in [2.05, 4.69) is 40.2 Å². The lowest BCUT2D eigenvalue weighted by Crippen LogP contribution is -2.03. The monoisotopic (exact) mass is 198 g/mol. The normalized spacial score (nSPS) is 43.9. The molecule has 1 heteroatoms. The summed E-state index contributed by atoms with van der Waals surface area (Å²) in [6.07, 6.45) is 11.7. The van der Waals surface area contributed by atoms with Crippen LogP contribution in [0.5, 0.6) is 0 Å². The van der Waals surface area contributed by atoms with Crippen molar-refractivity contribution in [2.24, 2.45) is 11.8 Å². The second-order valence-electron chi connectivity index (χ2n) is 3.17. The number of alkyl halides is 1. The highest BCUT2D eigenvalue weighted by molar-refractivity contribution is 9.09. The van der Waals surface area contributed by atoms with E-state index in [0.29, 0.717) is 0 Å². The molecule has 1 saturated carbocycles. The highest BCUT2D eigenvalue weighted by Crippen LogP contribution is 2.39. The number of fused-ring (bicyclic) bond motifs is 1. The third-order valence-electron chi connectivity index (χ3n) is 2.43. The van der Waals surface area contributed by atoms with E-state index < -0.39 is 0 Å². The Balaban J connectivity index is 2.14. The van der Waals surface area contributed by atoms with E-state index in [1.54, 1.807) is 0 Å². The minimum absolute atomic E-state index is 0.759. The van der Waals surface area contributed by atoms with Gasteiger partial charge in [-0.3, -0.25) is 0 Å². The maximum atomic E-state index is 3.66. The number of hydrogen-bond donors (Lipinski definition) is 0. The van der Waals surface area contributed by atoms with Crippen molar-refractivity contribution in [1.29, 1.82) is 0 Å². The Kier molecular flexibility index (Phi) is 1.69. The molecule has 0 aromatic heterocycles. The number of rotatable bonds is 0. The van der Waals surface area contributed by atoms with Crippen LogP contribution in [-0.2, 0) is 0 Å². The van der Waals surface area contributed by atoms with Crippen molar-refractivity contribution in [2.75, 3.05) is 0 Å². The maximum absolute atomic E-state index is 3.66. The molecule has 0 aromatic rings. The van der Waals surface area contributed by atoms with Gasteiger partial charge in [-0.2, -0.15) is 0 Å². The van der Waals surface area contributed by atoms with Gasteiger partial charge in [0.05, 0.1) is 0 Å². The van der Waals surface area contributed by atoms with E-state index in [1.165, 1.54) is 12.8 Å². The van der Waals surface area contributed by atoms with E-state index in [4.69, 9.17) is 0 Å². The highest BCUT2D eigenvalue weighted by Gasteiger charge is 2.29. The first-order chi connectivity index (χ1) is 4.86. The summed E-state index contributed by atoms with van der Waals surface area (Å²) in [6, 6.07) is 0. The summed E-state index contributed by atoms with van der Waals surface area (Å²) in [6.45, 7) is 0. The average Bonchev–Trinajstić information content (AvgIpc) is 2.27. The quantitative estimate of drug-likeness (QED) is 0.526. The molecule has 0 N–H and O–H groups in total. The lowest BCUT2D eigenvalue weighted by molar-refractivity contribution is 0.552. The first-order valence-corrected chi connectivity index (χ1v) is 4.77. The van der Waals surface area contributed by atoms with Gasteiger partial charge in [0.1, 0.15) is 0 Å². The van der Waals surface area contributed by atoms with E-state index in [1.807, 2.05) is 0 Å². The van der Waals surface area contributed by atoms with E-state index in [0.717, 1.165) is 16.7 Å². The van der Waals surface area contributed by atoms with E-state index in [-0.39, 0.29) is 0 Å². The molecule has 54 valence electrons. The van der Waals surface area contributed by atoms with Gasteiger partial charge >= 0.3 is 0 Å². The number of hydrogen-bond acceptors (Lipinski definition) is 0. The van der Waals surface area contributed by atoms with Crippen LogP contribution in [0.4, 0.5) is 0 Å². The van der Waals surface area contributed by atoms with Crippen LogP contribution in [0.15, 0.2) is 24.3 Å². The zero-order valence-electron chi connectivity index (χ0n) is 5.83. The second kappa shape index (κ2) is 2.54. The van der Waals surface area contributed by atoms with Crippen molar-refractivity contribution in [3.05, 3.63) is 24.3 Å². The highest BCUT2D eigenvalue weighted by atomic mass is 79.9. The summed E-state index contributed by atoms with van der Waals surface area (Å²) in [5.41, 5.74) is 0. The van der Waals surface area contributed by atoms with Crippen molar-refractivity contribution >= 4 is 15.9 Å². The molecule has 0 aromatic carbocycles. The molecule has 2 aliphatic carbocycles. The fourth-order valence-corrected chi connectivity index (χ4v) is 2.76. The molecule has 0 saturated heterocycles. The molecule has 2 unspecified atom stereocenters. The Morgan fingerprint density at radius 1 is 1.00 bits per heavy atom. The van der Waals surface area contributed by atoms with Crippen LogP contribution < -0.4 is 0 Å². The second-order valence-corrected chi connectivity index (χ2v) is 4.46. The Morgan fingerprint density at radius 3 is 2.00 bits per heavy atom. The predicted octanol–water partition coefficient (Wildman–Crippen LogP) is 2.90. The molecule has 1 fully saturated rings. The standard InChI is InChI=1S/C9H11Br/c10-9-5-7-3-1-2-4-8(7)6-9/h1-4,7-9H,5-6H2. The van der Waals surface area contributed by atoms with Crippen LogP contribution in [0.1, 0.15) is 12.8 Å². The Morgan fingerprint density at radius 2 is 1.50 bits per heavy atom. The van der Waals surface area contributed by atoms with Gasteiger partial charge in [-0.15, -0.1) is 0 Å². The Hall–Kier alpha value is -0.0400. The van der Waals surface area contributed by atoms with Gasteiger partial charge in [0.2, 0.25) is 0 Å². The molecule has 0 bridgehead atoms. The molecule has 2 aliphatic rings. The number of allylic oxidation sites excluding steroid dienone is 4. The van der Waals surface area contributed by atoms with Crippen LogP contribution >= 0.6 is 15.9 Å². The zero-order chi connectivity index (χ0) is 6.97. The lowest BCUT2D eigenvalue weighted by Gasteiger charge is -2.13. The van der Waals surface area contributed by atoms with Gasteiger partial charge in [-0.05, 0) is 24.7 Å². The average molecular weight is 199 g/mol. The van der Waals surface area contributed by atoms with Crippen LogP contribution in [0.25, 0.3) is 0 Å². The van der Waals surface area contributed by atoms with Gasteiger partial charge in [0, 0.05) is 4.83 Å². The molecule has 0 radical (unpaired) electrons. The Bertz CT molecular complexity index is 161. The van der Waals surface area contributed by atoms with Gasteiger partial charge in [-0.25, -0.2) is 0 Å². The van der Waals surface area contributed by atoms with Gasteiger partial charge in [-0.1, -0.05) is 40.2 Å². The summed E-state index contributed by atoms with van der Waals surface area (Å²) in [5, 5.41) is 0. The Labute approximate surface area is 70.1 Å². The summed E-state index contributed by atoms with van der Waals surface area (Å²) >= 11 is 3.66. The SMILES string of the molecule is BrC1CC2C=CC=CC2C1. The first kappa shape index (κ1) is 6.66. The van der Waals surface area contributed by atoms with Crippen molar-refractivity contribution in [3.8, 4) is 0 Å². The molecular weight excluding hydrogens is 188 g/mol. The fraction of sp³-hybridized carbons (Fsp3) is 0.556. The maximum Gasteiger partial charge on any atom is 0.0157 e.